The van der Waals surface area contributed by atoms with Crippen LogP contribution in [0.4, 0.5) is 22.7 Å². The molecule has 85 heavy (non-hydrogen) atoms. The van der Waals surface area contributed by atoms with Crippen molar-refractivity contribution in [3.05, 3.63) is 170 Å². The summed E-state index contributed by atoms with van der Waals surface area (Å²) >= 11 is 0. The van der Waals surface area contributed by atoms with Gasteiger partial charge in [0.15, 0.2) is 0 Å². The maximum Gasteiger partial charge on any atom is 2.00 e. The molecule has 16 nitrogen and oxygen atoms in total. The van der Waals surface area contributed by atoms with Crippen molar-refractivity contribution in [3.63, 3.8) is 0 Å². The Balaban J connectivity index is 0.00000709. The molecule has 0 saturated heterocycles. The largest absolute Gasteiger partial charge is 2.00 e. The van der Waals surface area contributed by atoms with Crippen molar-refractivity contribution in [2.24, 2.45) is 0 Å². The summed E-state index contributed by atoms with van der Waals surface area (Å²) in [5.41, 5.74) is 8.20. The third kappa shape index (κ3) is 10.9. The molecule has 0 amide bonds. The van der Waals surface area contributed by atoms with Gasteiger partial charge in [0.2, 0.25) is 0 Å². The van der Waals surface area contributed by atoms with E-state index in [2.05, 4.69) is 109 Å². The third-order valence-corrected chi connectivity index (χ3v) is 14.9. The predicted octanol–water partition coefficient (Wildman–Crippen LogP) is 14.1. The van der Waals surface area contributed by atoms with Gasteiger partial charge in [-0.25, -0.2) is 9.97 Å². The summed E-state index contributed by atoms with van der Waals surface area (Å²) in [7, 11) is 25.5. The molecule has 0 aliphatic carbocycles. The molecule has 8 aromatic carbocycles. The summed E-state index contributed by atoms with van der Waals surface area (Å²) in [5, 5.41) is 2.59. The van der Waals surface area contributed by atoms with E-state index in [1.165, 1.54) is 0 Å². The van der Waals surface area contributed by atoms with Gasteiger partial charge >= 0.3 is 19.5 Å². The van der Waals surface area contributed by atoms with E-state index in [9.17, 15) is 0 Å². The predicted molar refractivity (Wildman–Crippen MR) is 338 cm³/mol. The molecule has 0 N–H and O–H groups in total. The molecule has 8 bridgehead atoms. The Bertz CT molecular complexity index is 4350. The van der Waals surface area contributed by atoms with Gasteiger partial charge < -0.3 is 48.9 Å². The molecule has 0 unspecified atom stereocenters. The van der Waals surface area contributed by atoms with Crippen molar-refractivity contribution in [2.75, 3.05) is 84.6 Å². The second-order valence-electron chi connectivity index (χ2n) is 24.6. The number of benzene rings is 8. The first-order valence-corrected chi connectivity index (χ1v) is 27.7. The summed E-state index contributed by atoms with van der Waals surface area (Å²) < 4.78 is 29.9. The average Bonchev–Trinajstić information content (AvgIpc) is 4.22. The van der Waals surface area contributed by atoms with Crippen molar-refractivity contribution < 1.29 is 38.4 Å². The monoisotopic (exact) mass is 1180 g/mol. The minimum Gasteiger partial charge on any atom is -0.456 e. The second-order valence-corrected chi connectivity index (χ2v) is 24.6. The molecule has 2 aliphatic rings. The molecule has 0 fully saturated rings. The summed E-state index contributed by atoms with van der Waals surface area (Å²) in [6, 6.07) is 55.7. The van der Waals surface area contributed by atoms with Crippen LogP contribution < -0.4 is 46.8 Å². The maximum absolute atomic E-state index is 6.88. The Hall–Kier alpha value is -9.22. The number of ether oxygens (including phenoxy) is 4. The molecular formula is C68H64N12O4Zn+4. The van der Waals surface area contributed by atoms with Crippen LogP contribution in [0.3, 0.4) is 0 Å². The number of hydrogen-bond donors (Lipinski definition) is 0. The van der Waals surface area contributed by atoms with Crippen LogP contribution in [0.5, 0.6) is 46.0 Å². The standard InChI is InChI=1S/C68H64N12O4.Zn/c1-77(2,3)41-21-13-25-45(37-41)81-53-33-17-29-49-57(53)65-71-61(49)69-62-51-31-19-35-55(83-47-27-15-23-43(39-47)79(7,8)9)59(51)67(73-62)76-68-60-52(32-20-36-56(60)84-48-28-16-24-44(40-48)80(10,11)12)64(74-68)70-63-50-30-18-34-54(58(50)66(72-63)75-65)82-46-26-14-22-42(38-46)78(4,5)6;/h13-40H,1-12H3;/q2*+2. The van der Waals surface area contributed by atoms with Gasteiger partial charge in [0, 0.05) is 68.8 Å². The summed E-state index contributed by atoms with van der Waals surface area (Å²) in [5.74, 6) is 6.04. The zero-order chi connectivity index (χ0) is 58.5. The minimum atomic E-state index is 0. The quantitative estimate of drug-likeness (QED) is 0.0849. The molecule has 0 spiro atoms. The summed E-state index contributed by atoms with van der Waals surface area (Å²) in [4.78, 5) is 42.8. The first-order valence-electron chi connectivity index (χ1n) is 27.7. The van der Waals surface area contributed by atoms with E-state index in [4.69, 9.17) is 58.8 Å². The fraction of sp³-hybridized carbons (Fsp3) is 0.176. The summed E-state index contributed by atoms with van der Waals surface area (Å²) in [6.45, 7) is 0. The topological polar surface area (TPSA) is 142 Å². The fourth-order valence-electron chi connectivity index (χ4n) is 10.4. The Morgan fingerprint density at radius 3 is 0.906 bits per heavy atom. The molecule has 0 radical (unpaired) electrons. The zero-order valence-electron chi connectivity index (χ0n) is 49.9. The molecular weight excluding hydrogens is 1110 g/mol. The number of aromatic nitrogens is 8. The molecule has 0 atom stereocenters. The molecule has 418 valence electrons. The normalized spacial score (nSPS) is 12.4. The number of rotatable bonds is 12. The Labute approximate surface area is 506 Å². The minimum absolute atomic E-state index is 0. The van der Waals surface area contributed by atoms with E-state index in [0.717, 1.165) is 22.7 Å². The van der Waals surface area contributed by atoms with Crippen LogP contribution in [0, 0.1) is 0 Å². The van der Waals surface area contributed by atoms with Crippen LogP contribution in [0.2, 0.25) is 0 Å². The molecule has 11 aromatic rings. The van der Waals surface area contributed by atoms with Crippen LogP contribution in [0.1, 0.15) is 0 Å². The van der Waals surface area contributed by atoms with E-state index < -0.39 is 0 Å². The van der Waals surface area contributed by atoms with Crippen LogP contribution in [0.25, 0.3) is 89.7 Å². The van der Waals surface area contributed by atoms with E-state index in [1.807, 2.05) is 146 Å². The third-order valence-electron chi connectivity index (χ3n) is 14.9. The van der Waals surface area contributed by atoms with Gasteiger partial charge in [-0.05, 0) is 83.6 Å². The smallest absolute Gasteiger partial charge is 0.456 e. The Kier molecular flexibility index (Phi) is 14.0. The van der Waals surface area contributed by atoms with Gasteiger partial charge in [0.05, 0.1) is 119 Å². The van der Waals surface area contributed by atoms with Gasteiger partial charge in [0.1, 0.15) is 68.7 Å². The molecule has 0 saturated carbocycles. The van der Waals surface area contributed by atoms with E-state index in [-0.39, 0.29) is 19.5 Å². The van der Waals surface area contributed by atoms with Gasteiger partial charge in [-0.1, -0.05) is 72.8 Å². The fourth-order valence-corrected chi connectivity index (χ4v) is 10.4. The maximum atomic E-state index is 6.88. The van der Waals surface area contributed by atoms with Crippen molar-refractivity contribution in [1.29, 1.82) is 0 Å². The van der Waals surface area contributed by atoms with E-state index in [1.54, 1.807) is 0 Å². The Morgan fingerprint density at radius 1 is 0.294 bits per heavy atom. The first kappa shape index (κ1) is 56.3. The zero-order valence-corrected chi connectivity index (χ0v) is 52.8. The average molecular weight is 1180 g/mol. The van der Waals surface area contributed by atoms with Crippen molar-refractivity contribution in [2.45, 2.75) is 0 Å². The summed E-state index contributed by atoms with van der Waals surface area (Å²) in [6.07, 6.45) is 0. The van der Waals surface area contributed by atoms with E-state index in [0.29, 0.717) is 154 Å². The second kappa shape index (κ2) is 21.1. The van der Waals surface area contributed by atoms with Crippen LogP contribution in [0.15, 0.2) is 170 Å². The van der Waals surface area contributed by atoms with E-state index >= 15 is 0 Å². The van der Waals surface area contributed by atoms with Gasteiger partial charge in [-0.2, -0.15) is 0 Å². The SMILES string of the molecule is C[N+](C)(C)c1cccc(Oc2cccc3c2-c2nc-3nc3[n-]c(nc4nc(nc5[n-]c(n2)c2c(Oc6cccc([N+](C)(C)C)c6)cccc52)-c2cccc(Oc5cccc([N+](C)(C)C)c5)c2-4)c2c(Oc4cccc([N+](C)(C)C)c4)cccc32)c1.[Zn+2]. The van der Waals surface area contributed by atoms with Gasteiger partial charge in [-0.15, -0.1) is 0 Å². The van der Waals surface area contributed by atoms with Crippen LogP contribution in [-0.4, -0.2) is 114 Å². The number of hydrogen-bond acceptors (Lipinski definition) is 10. The van der Waals surface area contributed by atoms with Crippen LogP contribution >= 0.6 is 0 Å². The molecule has 5 heterocycles. The van der Waals surface area contributed by atoms with Crippen molar-refractivity contribution in [1.82, 2.24) is 57.8 Å². The van der Waals surface area contributed by atoms with Gasteiger partial charge in [-0.3, -0.25) is 17.9 Å². The van der Waals surface area contributed by atoms with Crippen LogP contribution in [-0.2, 0) is 19.5 Å². The molecule has 2 aliphatic heterocycles. The number of quaternary nitrogens is 4. The van der Waals surface area contributed by atoms with Gasteiger partial charge in [0.25, 0.3) is 0 Å². The molecule has 17 heteroatoms. The number of nitrogens with zero attached hydrogens (tertiary/aromatic N) is 12. The van der Waals surface area contributed by atoms with Crippen molar-refractivity contribution in [3.8, 4) is 91.5 Å². The van der Waals surface area contributed by atoms with Crippen molar-refractivity contribution >= 4 is 66.9 Å². The Morgan fingerprint density at radius 2 is 0.576 bits per heavy atom. The first-order chi connectivity index (χ1) is 40.1. The number of fused-ring (bicyclic) bond motifs is 20. The molecule has 13 rings (SSSR count). The molecule has 3 aromatic heterocycles.